The van der Waals surface area contributed by atoms with Gasteiger partial charge in [-0.15, -0.1) is 0 Å². The first-order valence-electron chi connectivity index (χ1n) is 12.9. The lowest BCUT2D eigenvalue weighted by atomic mass is 10.1. The molecule has 0 saturated carbocycles. The average molecular weight is 555 g/mol. The smallest absolute Gasteiger partial charge is 0.389 e. The number of carbonyl (C=O) groups is 2. The third-order valence-electron chi connectivity index (χ3n) is 5.86. The van der Waals surface area contributed by atoms with Crippen molar-refractivity contribution in [2.75, 3.05) is 38.7 Å². The highest BCUT2D eigenvalue weighted by Crippen LogP contribution is 2.23. The van der Waals surface area contributed by atoms with E-state index < -0.39 is 24.7 Å². The highest BCUT2D eigenvalue weighted by atomic mass is 19.4. The van der Waals surface area contributed by atoms with Gasteiger partial charge in [0.05, 0.1) is 13.7 Å². The molecule has 0 aliphatic rings. The van der Waals surface area contributed by atoms with Gasteiger partial charge in [-0.2, -0.15) is 13.2 Å². The van der Waals surface area contributed by atoms with Gasteiger partial charge in [0, 0.05) is 37.7 Å². The molecule has 2 N–H and O–H groups in total. The minimum Gasteiger partial charge on any atom is -0.497 e. The van der Waals surface area contributed by atoms with Gasteiger partial charge in [-0.3, -0.25) is 0 Å². The van der Waals surface area contributed by atoms with Gasteiger partial charge in [-0.05, 0) is 49.6 Å². The maximum absolute atomic E-state index is 13.0. The zero-order chi connectivity index (χ0) is 28.7. The number of hydrogen-bond donors (Lipinski definition) is 2. The van der Waals surface area contributed by atoms with Crippen LogP contribution in [0.4, 0.5) is 23.7 Å². The van der Waals surface area contributed by atoms with E-state index in [4.69, 9.17) is 14.2 Å². The number of amides is 2. The fourth-order valence-electron chi connectivity index (χ4n) is 3.83. The van der Waals surface area contributed by atoms with Gasteiger partial charge in [-0.1, -0.05) is 31.0 Å². The van der Waals surface area contributed by atoms with E-state index in [0.717, 1.165) is 5.56 Å². The molecule has 0 aliphatic carbocycles. The first-order chi connectivity index (χ1) is 18.6. The van der Waals surface area contributed by atoms with E-state index in [9.17, 15) is 27.9 Å². The maximum atomic E-state index is 13.0. The highest BCUT2D eigenvalue weighted by molar-refractivity contribution is 5.89. The molecule has 2 aromatic carbocycles. The summed E-state index contributed by atoms with van der Waals surface area (Å²) in [5, 5.41) is 12.1. The van der Waals surface area contributed by atoms with Crippen LogP contribution in [-0.4, -0.2) is 67.7 Å². The van der Waals surface area contributed by atoms with Crippen LogP contribution in [0.5, 0.6) is 11.5 Å². The number of hydrogen-bond acceptors (Lipinski definition) is 5. The minimum absolute atomic E-state index is 0.0659. The second kappa shape index (κ2) is 16.5. The molecule has 0 bridgehead atoms. The Morgan fingerprint density at radius 2 is 1.72 bits per heavy atom. The van der Waals surface area contributed by atoms with E-state index in [1.807, 2.05) is 0 Å². The first-order valence-corrected chi connectivity index (χ1v) is 12.9. The molecule has 11 heteroatoms. The highest BCUT2D eigenvalue weighted by Gasteiger charge is 2.25. The van der Waals surface area contributed by atoms with Crippen LogP contribution in [0.2, 0.25) is 0 Å². The number of carboxylic acids is 1. The Balaban J connectivity index is 1.91. The number of benzene rings is 2. The van der Waals surface area contributed by atoms with Crippen molar-refractivity contribution >= 4 is 17.7 Å². The normalized spacial score (nSPS) is 12.0. The maximum Gasteiger partial charge on any atom is 0.389 e. The predicted molar refractivity (Wildman–Crippen MR) is 141 cm³/mol. The molecule has 2 amide bonds. The van der Waals surface area contributed by atoms with E-state index in [-0.39, 0.29) is 32.0 Å². The Morgan fingerprint density at radius 3 is 2.36 bits per heavy atom. The molecule has 0 saturated heterocycles. The molecule has 0 fully saturated rings. The molecule has 2 rings (SSSR count). The summed E-state index contributed by atoms with van der Waals surface area (Å²) in [5.41, 5.74) is 1.34. The Labute approximate surface area is 227 Å². The van der Waals surface area contributed by atoms with Crippen molar-refractivity contribution in [3.05, 3.63) is 54.1 Å². The fraction of sp³-hybridized carbons (Fsp3) is 0.500. The molecule has 216 valence electrons. The summed E-state index contributed by atoms with van der Waals surface area (Å²) in [6.07, 6.45) is -4.03. The SMILES string of the molecule is CCOC(Cc1ccc(OCCN(CCCCCCC(F)(F)F)C(=O)Nc2cccc(OC)c2)cc1)C(=O)O. The summed E-state index contributed by atoms with van der Waals surface area (Å²) in [6.45, 7) is 2.84. The van der Waals surface area contributed by atoms with Crippen LogP contribution in [0.1, 0.15) is 44.6 Å². The molecule has 0 spiro atoms. The standard InChI is InChI=1S/C28H37F3N2O6/c1-3-38-25(26(34)35)19-21-11-13-23(14-12-21)39-18-17-33(16-7-5-4-6-15-28(29,30)31)27(36)32-22-9-8-10-24(20-22)37-2/h8-14,20,25H,3-7,15-19H2,1-2H3,(H,32,36)(H,34,35). The number of nitrogens with zero attached hydrogens (tertiary/aromatic N) is 1. The Morgan fingerprint density at radius 1 is 1.00 bits per heavy atom. The number of rotatable bonds is 17. The fourth-order valence-corrected chi connectivity index (χ4v) is 3.83. The molecule has 8 nitrogen and oxygen atoms in total. The average Bonchev–Trinajstić information content (AvgIpc) is 2.89. The number of ether oxygens (including phenoxy) is 3. The topological polar surface area (TPSA) is 97.3 Å². The summed E-state index contributed by atoms with van der Waals surface area (Å²) < 4.78 is 53.3. The zero-order valence-corrected chi connectivity index (χ0v) is 22.3. The van der Waals surface area contributed by atoms with Crippen LogP contribution in [0.15, 0.2) is 48.5 Å². The molecule has 39 heavy (non-hydrogen) atoms. The van der Waals surface area contributed by atoms with Crippen molar-refractivity contribution in [2.24, 2.45) is 0 Å². The van der Waals surface area contributed by atoms with E-state index in [0.29, 0.717) is 49.6 Å². The van der Waals surface area contributed by atoms with Crippen molar-refractivity contribution < 1.29 is 42.1 Å². The van der Waals surface area contributed by atoms with Gasteiger partial charge in [-0.25, -0.2) is 9.59 Å². The van der Waals surface area contributed by atoms with Crippen molar-refractivity contribution in [2.45, 2.75) is 57.7 Å². The second-order valence-electron chi connectivity index (χ2n) is 8.91. The van der Waals surface area contributed by atoms with Crippen molar-refractivity contribution in [3.63, 3.8) is 0 Å². The molecule has 0 radical (unpaired) electrons. The van der Waals surface area contributed by atoms with Gasteiger partial charge in [0.2, 0.25) is 0 Å². The molecule has 0 aliphatic heterocycles. The summed E-state index contributed by atoms with van der Waals surface area (Å²) in [7, 11) is 1.53. The van der Waals surface area contributed by atoms with E-state index in [1.54, 1.807) is 60.4 Å². The quantitative estimate of drug-likeness (QED) is 0.228. The van der Waals surface area contributed by atoms with Crippen LogP contribution in [0, 0.1) is 0 Å². The minimum atomic E-state index is -4.15. The van der Waals surface area contributed by atoms with E-state index in [2.05, 4.69) is 5.32 Å². The molecular weight excluding hydrogens is 517 g/mol. The largest absolute Gasteiger partial charge is 0.497 e. The Hall–Kier alpha value is -3.47. The van der Waals surface area contributed by atoms with E-state index in [1.165, 1.54) is 7.11 Å². The molecule has 0 heterocycles. The number of anilines is 1. The third kappa shape index (κ3) is 12.8. The van der Waals surface area contributed by atoms with Crippen LogP contribution >= 0.6 is 0 Å². The van der Waals surface area contributed by atoms with Crippen LogP contribution in [0.25, 0.3) is 0 Å². The van der Waals surface area contributed by atoms with Gasteiger partial charge in [0.25, 0.3) is 0 Å². The number of halogens is 3. The third-order valence-corrected chi connectivity index (χ3v) is 5.86. The number of nitrogens with one attached hydrogen (secondary N) is 1. The van der Waals surface area contributed by atoms with Crippen molar-refractivity contribution in [3.8, 4) is 11.5 Å². The molecule has 2 aromatic rings. The monoisotopic (exact) mass is 554 g/mol. The summed E-state index contributed by atoms with van der Waals surface area (Å²) in [6, 6.07) is 13.5. The number of methoxy groups -OCH3 is 1. The molecule has 1 unspecified atom stereocenters. The number of carboxylic acid groups (broad SMARTS) is 1. The number of aliphatic carboxylic acids is 1. The van der Waals surface area contributed by atoms with Crippen LogP contribution in [0.3, 0.4) is 0 Å². The van der Waals surface area contributed by atoms with Crippen LogP contribution in [-0.2, 0) is 16.0 Å². The summed E-state index contributed by atoms with van der Waals surface area (Å²) in [5.74, 6) is 0.124. The number of unbranched alkanes of at least 4 members (excludes halogenated alkanes) is 3. The molecule has 1 atom stereocenters. The predicted octanol–water partition coefficient (Wildman–Crippen LogP) is 6.15. The summed E-state index contributed by atoms with van der Waals surface area (Å²) >= 11 is 0. The van der Waals surface area contributed by atoms with Gasteiger partial charge >= 0.3 is 18.2 Å². The van der Waals surface area contributed by atoms with Gasteiger partial charge < -0.3 is 29.5 Å². The molecule has 0 aromatic heterocycles. The molecular formula is C28H37F3N2O6. The number of urea groups is 1. The van der Waals surface area contributed by atoms with Gasteiger partial charge in [0.15, 0.2) is 6.10 Å². The van der Waals surface area contributed by atoms with Crippen molar-refractivity contribution in [1.82, 2.24) is 4.90 Å². The lowest BCUT2D eigenvalue weighted by Crippen LogP contribution is -2.38. The lowest BCUT2D eigenvalue weighted by Gasteiger charge is -2.23. The number of carbonyl (C=O) groups excluding carboxylic acids is 1. The Bertz CT molecular complexity index is 1020. The van der Waals surface area contributed by atoms with Crippen molar-refractivity contribution in [1.29, 1.82) is 0 Å². The van der Waals surface area contributed by atoms with E-state index >= 15 is 0 Å². The van der Waals surface area contributed by atoms with Gasteiger partial charge in [0.1, 0.15) is 18.1 Å². The Kier molecular flexibility index (Phi) is 13.4. The first kappa shape index (κ1) is 31.7. The second-order valence-corrected chi connectivity index (χ2v) is 8.91. The lowest BCUT2D eigenvalue weighted by molar-refractivity contribution is -0.150. The zero-order valence-electron chi connectivity index (χ0n) is 22.3. The van der Waals surface area contributed by atoms with Crippen LogP contribution < -0.4 is 14.8 Å². The summed E-state index contributed by atoms with van der Waals surface area (Å²) in [4.78, 5) is 25.8. The number of alkyl halides is 3.